The molecule has 4 heteroatoms. The van der Waals surface area contributed by atoms with Crippen molar-refractivity contribution in [3.63, 3.8) is 0 Å². The fourth-order valence-corrected chi connectivity index (χ4v) is 1.72. The van der Waals surface area contributed by atoms with Crippen molar-refractivity contribution in [2.24, 2.45) is 0 Å². The molecule has 2 aromatic rings. The van der Waals surface area contributed by atoms with E-state index in [9.17, 15) is 0 Å². The quantitative estimate of drug-likeness (QED) is 0.900. The van der Waals surface area contributed by atoms with Gasteiger partial charge in [-0.3, -0.25) is 4.98 Å². The number of nitrogens with one attached hydrogen (secondary N) is 1. The van der Waals surface area contributed by atoms with Crippen LogP contribution in [-0.4, -0.2) is 9.97 Å². The summed E-state index contributed by atoms with van der Waals surface area (Å²) in [6.07, 6.45) is 3.18. The molecule has 0 radical (unpaired) electrons. The smallest absolute Gasteiger partial charge is 0.149 e. The van der Waals surface area contributed by atoms with Gasteiger partial charge in [0.1, 0.15) is 11.0 Å². The molecule has 0 bridgehead atoms. The maximum Gasteiger partial charge on any atom is 0.149 e. The van der Waals surface area contributed by atoms with E-state index in [0.29, 0.717) is 11.0 Å². The van der Waals surface area contributed by atoms with Crippen LogP contribution >= 0.6 is 11.6 Å². The minimum atomic E-state index is 0.170. The SMILES string of the molecule is Cc1ccc(C(C)Nc2cncc(Cl)n2)cc1. The third kappa shape index (κ3) is 3.17. The van der Waals surface area contributed by atoms with Gasteiger partial charge in [0.25, 0.3) is 0 Å². The Morgan fingerprint density at radius 2 is 1.88 bits per heavy atom. The molecular formula is C13H14ClN3. The number of hydrogen-bond acceptors (Lipinski definition) is 3. The molecule has 0 saturated heterocycles. The first-order valence-electron chi connectivity index (χ1n) is 5.46. The van der Waals surface area contributed by atoms with Gasteiger partial charge in [-0.1, -0.05) is 41.4 Å². The van der Waals surface area contributed by atoms with Crippen molar-refractivity contribution in [2.75, 3.05) is 5.32 Å². The fourth-order valence-electron chi connectivity index (χ4n) is 1.57. The number of rotatable bonds is 3. The molecule has 2 rings (SSSR count). The highest BCUT2D eigenvalue weighted by Crippen LogP contribution is 2.18. The van der Waals surface area contributed by atoms with E-state index in [0.717, 1.165) is 0 Å². The largest absolute Gasteiger partial charge is 0.362 e. The summed E-state index contributed by atoms with van der Waals surface area (Å²) in [5.41, 5.74) is 2.46. The van der Waals surface area contributed by atoms with Gasteiger partial charge in [0.2, 0.25) is 0 Å². The summed E-state index contributed by atoms with van der Waals surface area (Å²) in [4.78, 5) is 8.14. The monoisotopic (exact) mass is 247 g/mol. The highest BCUT2D eigenvalue weighted by atomic mass is 35.5. The van der Waals surface area contributed by atoms with Crippen molar-refractivity contribution in [3.8, 4) is 0 Å². The van der Waals surface area contributed by atoms with Crippen molar-refractivity contribution >= 4 is 17.4 Å². The number of aromatic nitrogens is 2. The van der Waals surface area contributed by atoms with Crippen LogP contribution in [0.25, 0.3) is 0 Å². The molecule has 1 N–H and O–H groups in total. The maximum absolute atomic E-state index is 5.78. The molecule has 0 fully saturated rings. The van der Waals surface area contributed by atoms with E-state index in [1.807, 2.05) is 0 Å². The van der Waals surface area contributed by atoms with Crippen LogP contribution in [0.3, 0.4) is 0 Å². The molecule has 17 heavy (non-hydrogen) atoms. The van der Waals surface area contributed by atoms with E-state index < -0.39 is 0 Å². The molecule has 0 saturated carbocycles. The van der Waals surface area contributed by atoms with Gasteiger partial charge in [0.15, 0.2) is 0 Å². The second kappa shape index (κ2) is 5.15. The van der Waals surface area contributed by atoms with E-state index in [4.69, 9.17) is 11.6 Å². The highest BCUT2D eigenvalue weighted by Gasteiger charge is 2.06. The predicted molar refractivity (Wildman–Crippen MR) is 70.3 cm³/mol. The lowest BCUT2D eigenvalue weighted by Crippen LogP contribution is -2.08. The first-order chi connectivity index (χ1) is 8.15. The molecule has 0 spiro atoms. The van der Waals surface area contributed by atoms with Gasteiger partial charge in [-0.15, -0.1) is 0 Å². The highest BCUT2D eigenvalue weighted by molar-refractivity contribution is 6.29. The standard InChI is InChI=1S/C13H14ClN3/c1-9-3-5-11(6-4-9)10(2)16-13-8-15-7-12(14)17-13/h3-8,10H,1-2H3,(H,16,17). The molecule has 1 heterocycles. The number of anilines is 1. The Hall–Kier alpha value is -1.61. The summed E-state index contributed by atoms with van der Waals surface area (Å²) in [5, 5.41) is 3.65. The fraction of sp³-hybridized carbons (Fsp3) is 0.231. The van der Waals surface area contributed by atoms with E-state index >= 15 is 0 Å². The summed E-state index contributed by atoms with van der Waals surface area (Å²) in [6, 6.07) is 8.56. The van der Waals surface area contributed by atoms with Crippen molar-refractivity contribution in [1.29, 1.82) is 0 Å². The van der Waals surface area contributed by atoms with Crippen LogP contribution in [-0.2, 0) is 0 Å². The molecule has 0 aliphatic rings. The number of nitrogens with zero attached hydrogens (tertiary/aromatic N) is 2. The lowest BCUT2D eigenvalue weighted by molar-refractivity contribution is 0.871. The average molecular weight is 248 g/mol. The molecule has 1 aromatic heterocycles. The van der Waals surface area contributed by atoms with Crippen LogP contribution in [0.2, 0.25) is 5.15 Å². The molecule has 1 atom stereocenters. The van der Waals surface area contributed by atoms with Crippen LogP contribution in [0.5, 0.6) is 0 Å². The van der Waals surface area contributed by atoms with Crippen molar-refractivity contribution in [3.05, 3.63) is 52.9 Å². The minimum absolute atomic E-state index is 0.170. The lowest BCUT2D eigenvalue weighted by Gasteiger charge is -2.14. The Morgan fingerprint density at radius 3 is 2.53 bits per heavy atom. The van der Waals surface area contributed by atoms with Crippen molar-refractivity contribution in [2.45, 2.75) is 19.9 Å². The summed E-state index contributed by atoms with van der Waals surface area (Å²) in [6.45, 7) is 4.15. The Balaban J connectivity index is 2.11. The van der Waals surface area contributed by atoms with E-state index in [1.54, 1.807) is 6.20 Å². The Labute approximate surface area is 106 Å². The normalized spacial score (nSPS) is 12.2. The van der Waals surface area contributed by atoms with Crippen LogP contribution in [0.15, 0.2) is 36.7 Å². The zero-order valence-corrected chi connectivity index (χ0v) is 10.6. The number of aryl methyl sites for hydroxylation is 1. The van der Waals surface area contributed by atoms with Gasteiger partial charge in [-0.25, -0.2) is 4.98 Å². The predicted octanol–water partition coefficient (Wildman–Crippen LogP) is 3.61. The van der Waals surface area contributed by atoms with Crippen LogP contribution < -0.4 is 5.32 Å². The van der Waals surface area contributed by atoms with Gasteiger partial charge >= 0.3 is 0 Å². The zero-order valence-electron chi connectivity index (χ0n) is 9.81. The van der Waals surface area contributed by atoms with Gasteiger partial charge < -0.3 is 5.32 Å². The molecule has 0 aliphatic carbocycles. The first kappa shape index (κ1) is 11.9. The molecule has 3 nitrogen and oxygen atoms in total. The summed E-state index contributed by atoms with van der Waals surface area (Å²) in [5.74, 6) is 0.686. The molecular weight excluding hydrogens is 234 g/mol. The van der Waals surface area contributed by atoms with Crippen LogP contribution in [0.4, 0.5) is 5.82 Å². The first-order valence-corrected chi connectivity index (χ1v) is 5.83. The second-order valence-corrected chi connectivity index (χ2v) is 4.39. The van der Waals surface area contributed by atoms with Crippen LogP contribution in [0.1, 0.15) is 24.1 Å². The molecule has 1 aromatic carbocycles. The maximum atomic E-state index is 5.78. The minimum Gasteiger partial charge on any atom is -0.362 e. The molecule has 88 valence electrons. The second-order valence-electron chi connectivity index (χ2n) is 4.00. The lowest BCUT2D eigenvalue weighted by atomic mass is 10.1. The molecule has 1 unspecified atom stereocenters. The Morgan fingerprint density at radius 1 is 1.18 bits per heavy atom. The number of halogens is 1. The molecule has 0 amide bonds. The van der Waals surface area contributed by atoms with Gasteiger partial charge in [0, 0.05) is 6.04 Å². The summed E-state index contributed by atoms with van der Waals surface area (Å²) >= 11 is 5.78. The van der Waals surface area contributed by atoms with E-state index in [1.165, 1.54) is 17.3 Å². The van der Waals surface area contributed by atoms with Crippen molar-refractivity contribution in [1.82, 2.24) is 9.97 Å². The zero-order chi connectivity index (χ0) is 12.3. The third-order valence-corrected chi connectivity index (χ3v) is 2.73. The number of hydrogen-bond donors (Lipinski definition) is 1. The van der Waals surface area contributed by atoms with Gasteiger partial charge in [-0.2, -0.15) is 0 Å². The third-order valence-electron chi connectivity index (χ3n) is 2.55. The van der Waals surface area contributed by atoms with Crippen LogP contribution in [0, 0.1) is 6.92 Å². The van der Waals surface area contributed by atoms with E-state index in [2.05, 4.69) is 53.4 Å². The Kier molecular flexibility index (Phi) is 3.59. The van der Waals surface area contributed by atoms with Gasteiger partial charge in [0.05, 0.1) is 12.4 Å². The van der Waals surface area contributed by atoms with Gasteiger partial charge in [-0.05, 0) is 19.4 Å². The average Bonchev–Trinajstić information content (AvgIpc) is 2.29. The number of benzene rings is 1. The van der Waals surface area contributed by atoms with Crippen molar-refractivity contribution < 1.29 is 0 Å². The summed E-state index contributed by atoms with van der Waals surface area (Å²) in [7, 11) is 0. The molecule has 0 aliphatic heterocycles. The topological polar surface area (TPSA) is 37.8 Å². The van der Waals surface area contributed by atoms with E-state index in [-0.39, 0.29) is 6.04 Å². The Bertz CT molecular complexity index is 496. The summed E-state index contributed by atoms with van der Waals surface area (Å²) < 4.78 is 0.